The quantitative estimate of drug-likeness (QED) is 0.912. The lowest BCUT2D eigenvalue weighted by atomic mass is 9.78. The molecule has 1 aromatic rings. The monoisotopic (exact) mass is 343 g/mol. The normalized spacial score (nSPS) is 27.4. The molecule has 2 saturated heterocycles. The molecule has 1 spiro atoms. The van der Waals surface area contributed by atoms with Crippen molar-refractivity contribution in [2.24, 2.45) is 11.3 Å². The third kappa shape index (κ3) is 3.14. The Morgan fingerprint density at radius 3 is 2.76 bits per heavy atom. The lowest BCUT2D eigenvalue weighted by Crippen LogP contribution is -2.50. The van der Waals surface area contributed by atoms with Crippen LogP contribution in [0.3, 0.4) is 0 Å². The number of carbonyl (C=O) groups is 1. The average molecular weight is 343 g/mol. The Kier molecular flexibility index (Phi) is 4.22. The minimum Gasteiger partial charge on any atom is -0.363 e. The van der Waals surface area contributed by atoms with Crippen molar-refractivity contribution in [3.8, 4) is 0 Å². The van der Waals surface area contributed by atoms with E-state index in [0.29, 0.717) is 5.91 Å². The van der Waals surface area contributed by atoms with E-state index in [1.165, 1.54) is 12.8 Å². The Bertz CT molecular complexity index is 737. The van der Waals surface area contributed by atoms with Gasteiger partial charge in [0.15, 0.2) is 5.43 Å². The van der Waals surface area contributed by atoms with E-state index in [2.05, 4.69) is 14.8 Å². The SMILES string of the molecule is Cc1c[nH]c(CN2CCC3(CCCN(CC4CC4)C3=O)C2)c(C)c1=O. The molecule has 3 fully saturated rings. The first kappa shape index (κ1) is 16.8. The minimum absolute atomic E-state index is 0.131. The number of aromatic nitrogens is 1. The van der Waals surface area contributed by atoms with Gasteiger partial charge in [-0.05, 0) is 58.4 Å². The number of nitrogens with one attached hydrogen (secondary N) is 1. The molecule has 1 aromatic heterocycles. The van der Waals surface area contributed by atoms with Gasteiger partial charge in [-0.25, -0.2) is 0 Å². The number of likely N-dealkylation sites (tertiary alicyclic amines) is 2. The smallest absolute Gasteiger partial charge is 0.230 e. The summed E-state index contributed by atoms with van der Waals surface area (Å²) in [6.45, 7) is 8.18. The van der Waals surface area contributed by atoms with Crippen LogP contribution in [-0.4, -0.2) is 46.9 Å². The van der Waals surface area contributed by atoms with Crippen LogP contribution in [0.2, 0.25) is 0 Å². The highest BCUT2D eigenvalue weighted by atomic mass is 16.2. The molecule has 3 aliphatic rings. The predicted molar refractivity (Wildman–Crippen MR) is 97.4 cm³/mol. The largest absolute Gasteiger partial charge is 0.363 e. The molecule has 1 saturated carbocycles. The summed E-state index contributed by atoms with van der Waals surface area (Å²) >= 11 is 0. The standard InChI is InChI=1S/C20H29N3O2/c1-14-10-21-17(15(2)18(14)24)12-22-9-7-20(13-22)6-3-8-23(19(20)25)11-16-4-5-16/h10,16H,3-9,11-13H2,1-2H3,(H,21,24). The molecule has 25 heavy (non-hydrogen) atoms. The summed E-state index contributed by atoms with van der Waals surface area (Å²) in [6, 6.07) is 0. The van der Waals surface area contributed by atoms with Crippen LogP contribution in [0.4, 0.5) is 0 Å². The molecule has 0 bridgehead atoms. The first-order valence-corrected chi connectivity index (χ1v) is 9.68. The van der Waals surface area contributed by atoms with Gasteiger partial charge in [-0.3, -0.25) is 14.5 Å². The van der Waals surface area contributed by atoms with Crippen LogP contribution < -0.4 is 5.43 Å². The molecule has 4 rings (SSSR count). The molecule has 1 amide bonds. The molecule has 3 heterocycles. The third-order valence-corrected chi connectivity index (χ3v) is 6.43. The molecule has 0 radical (unpaired) electrons. The van der Waals surface area contributed by atoms with Crippen LogP contribution in [0.1, 0.15) is 48.9 Å². The number of pyridine rings is 1. The van der Waals surface area contributed by atoms with Gasteiger partial charge in [0, 0.05) is 49.2 Å². The van der Waals surface area contributed by atoms with E-state index < -0.39 is 0 Å². The number of amides is 1. The number of rotatable bonds is 4. The van der Waals surface area contributed by atoms with Crippen molar-refractivity contribution in [3.63, 3.8) is 0 Å². The molecule has 1 unspecified atom stereocenters. The number of aromatic amines is 1. The van der Waals surface area contributed by atoms with Gasteiger partial charge in [0.2, 0.25) is 5.91 Å². The Labute approximate surface area is 149 Å². The van der Waals surface area contributed by atoms with E-state index in [-0.39, 0.29) is 10.8 Å². The van der Waals surface area contributed by atoms with Crippen LogP contribution in [0.5, 0.6) is 0 Å². The maximum Gasteiger partial charge on any atom is 0.230 e. The van der Waals surface area contributed by atoms with E-state index in [9.17, 15) is 9.59 Å². The third-order valence-electron chi connectivity index (χ3n) is 6.43. The molecule has 0 aromatic carbocycles. The van der Waals surface area contributed by atoms with E-state index in [0.717, 1.165) is 74.7 Å². The number of hydrogen-bond donors (Lipinski definition) is 1. The van der Waals surface area contributed by atoms with Gasteiger partial charge in [-0.15, -0.1) is 0 Å². The van der Waals surface area contributed by atoms with Crippen LogP contribution in [-0.2, 0) is 11.3 Å². The Morgan fingerprint density at radius 2 is 2.00 bits per heavy atom. The van der Waals surface area contributed by atoms with E-state index in [1.54, 1.807) is 6.20 Å². The van der Waals surface area contributed by atoms with E-state index >= 15 is 0 Å². The van der Waals surface area contributed by atoms with Gasteiger partial charge in [0.1, 0.15) is 0 Å². The Hall–Kier alpha value is -1.62. The maximum absolute atomic E-state index is 13.1. The highest BCUT2D eigenvalue weighted by molar-refractivity contribution is 5.84. The fourth-order valence-electron chi connectivity index (χ4n) is 4.60. The van der Waals surface area contributed by atoms with Gasteiger partial charge in [0.25, 0.3) is 0 Å². The van der Waals surface area contributed by atoms with Crippen molar-refractivity contribution < 1.29 is 4.79 Å². The highest BCUT2D eigenvalue weighted by Crippen LogP contribution is 2.42. The zero-order chi connectivity index (χ0) is 17.6. The lowest BCUT2D eigenvalue weighted by molar-refractivity contribution is -0.145. The fourth-order valence-corrected chi connectivity index (χ4v) is 4.60. The van der Waals surface area contributed by atoms with Crippen molar-refractivity contribution in [2.45, 2.75) is 52.5 Å². The summed E-state index contributed by atoms with van der Waals surface area (Å²) in [5.41, 5.74) is 2.52. The minimum atomic E-state index is -0.175. The molecular weight excluding hydrogens is 314 g/mol. The van der Waals surface area contributed by atoms with Gasteiger partial charge in [-0.1, -0.05) is 0 Å². The second-order valence-corrected chi connectivity index (χ2v) is 8.44. The molecular formula is C20H29N3O2. The van der Waals surface area contributed by atoms with Gasteiger partial charge >= 0.3 is 0 Å². The van der Waals surface area contributed by atoms with Gasteiger partial charge in [0.05, 0.1) is 5.41 Å². The lowest BCUT2D eigenvalue weighted by Gasteiger charge is -2.39. The molecule has 5 heteroatoms. The van der Waals surface area contributed by atoms with Crippen molar-refractivity contribution in [1.82, 2.24) is 14.8 Å². The number of carbonyl (C=O) groups excluding carboxylic acids is 1. The van der Waals surface area contributed by atoms with Crippen LogP contribution in [0.15, 0.2) is 11.0 Å². The summed E-state index contributed by atoms with van der Waals surface area (Å²) in [7, 11) is 0. The summed E-state index contributed by atoms with van der Waals surface area (Å²) in [4.78, 5) is 33.1. The first-order chi connectivity index (χ1) is 12.0. The Balaban J connectivity index is 1.46. The van der Waals surface area contributed by atoms with Crippen LogP contribution >= 0.6 is 0 Å². The summed E-state index contributed by atoms with van der Waals surface area (Å²) in [5, 5.41) is 0. The van der Waals surface area contributed by atoms with E-state index in [1.807, 2.05) is 13.8 Å². The molecule has 2 aliphatic heterocycles. The topological polar surface area (TPSA) is 56.4 Å². The highest BCUT2D eigenvalue weighted by Gasteiger charge is 2.48. The molecule has 1 aliphatic carbocycles. The van der Waals surface area contributed by atoms with Crippen molar-refractivity contribution in [3.05, 3.63) is 33.2 Å². The number of H-pyrrole nitrogens is 1. The zero-order valence-corrected chi connectivity index (χ0v) is 15.4. The summed E-state index contributed by atoms with van der Waals surface area (Å²) < 4.78 is 0. The van der Waals surface area contributed by atoms with Crippen molar-refractivity contribution in [2.75, 3.05) is 26.2 Å². The fraction of sp³-hybridized carbons (Fsp3) is 0.700. The zero-order valence-electron chi connectivity index (χ0n) is 15.4. The second-order valence-electron chi connectivity index (χ2n) is 8.44. The molecule has 1 N–H and O–H groups in total. The molecule has 136 valence electrons. The summed E-state index contributed by atoms with van der Waals surface area (Å²) in [6.07, 6.45) is 7.51. The maximum atomic E-state index is 13.1. The van der Waals surface area contributed by atoms with Crippen LogP contribution in [0, 0.1) is 25.2 Å². The van der Waals surface area contributed by atoms with Gasteiger partial charge < -0.3 is 9.88 Å². The number of hydrogen-bond acceptors (Lipinski definition) is 3. The first-order valence-electron chi connectivity index (χ1n) is 9.68. The van der Waals surface area contributed by atoms with Crippen molar-refractivity contribution in [1.29, 1.82) is 0 Å². The second kappa shape index (κ2) is 6.27. The van der Waals surface area contributed by atoms with Crippen LogP contribution in [0.25, 0.3) is 0 Å². The van der Waals surface area contributed by atoms with E-state index in [4.69, 9.17) is 0 Å². The summed E-state index contributed by atoms with van der Waals surface area (Å²) in [5.74, 6) is 1.15. The Morgan fingerprint density at radius 1 is 1.20 bits per heavy atom. The number of aryl methyl sites for hydroxylation is 1. The molecule has 1 atom stereocenters. The molecule has 5 nitrogen and oxygen atoms in total. The predicted octanol–water partition coefficient (Wildman–Crippen LogP) is 2.22. The van der Waals surface area contributed by atoms with Gasteiger partial charge in [-0.2, -0.15) is 0 Å². The van der Waals surface area contributed by atoms with Crippen molar-refractivity contribution >= 4 is 5.91 Å². The number of piperidine rings is 1. The number of nitrogens with zero attached hydrogens (tertiary/aromatic N) is 2. The average Bonchev–Trinajstić information content (AvgIpc) is 3.33.